The molecule has 0 radical (unpaired) electrons. The number of rotatable bonds is 4. The first kappa shape index (κ1) is 16.6. The van der Waals surface area contributed by atoms with E-state index in [-0.39, 0.29) is 0 Å². The number of benzene rings is 2. The zero-order chi connectivity index (χ0) is 17.9. The third-order valence-electron chi connectivity index (χ3n) is 4.95. The van der Waals surface area contributed by atoms with E-state index < -0.39 is 0 Å². The predicted octanol–water partition coefficient (Wildman–Crippen LogP) is 4.51. The van der Waals surface area contributed by atoms with Gasteiger partial charge < -0.3 is 9.80 Å². The second-order valence-electron chi connectivity index (χ2n) is 6.74. The van der Waals surface area contributed by atoms with Crippen molar-refractivity contribution in [3.8, 4) is 0 Å². The Kier molecular flexibility index (Phi) is 4.57. The molecule has 4 heteroatoms. The number of aryl methyl sites for hydroxylation is 1. The second-order valence-corrected chi connectivity index (χ2v) is 6.74. The Hall–Kier alpha value is -2.88. The van der Waals surface area contributed by atoms with Crippen molar-refractivity contribution in [3.05, 3.63) is 77.5 Å². The molecule has 2 aromatic carbocycles. The molecule has 3 aromatic rings. The Bertz CT molecular complexity index is 906. The van der Waals surface area contributed by atoms with E-state index in [1.807, 2.05) is 12.3 Å². The number of fused-ring (bicyclic) bond motifs is 1. The van der Waals surface area contributed by atoms with Gasteiger partial charge in [-0.2, -0.15) is 4.98 Å². The van der Waals surface area contributed by atoms with Crippen LogP contribution in [0.3, 0.4) is 0 Å². The second kappa shape index (κ2) is 7.16. The Morgan fingerprint density at radius 1 is 1.04 bits per heavy atom. The molecule has 0 unspecified atom stereocenters. The van der Waals surface area contributed by atoms with Gasteiger partial charge in [0.1, 0.15) is 5.82 Å². The Morgan fingerprint density at radius 3 is 2.69 bits per heavy atom. The van der Waals surface area contributed by atoms with Crippen molar-refractivity contribution in [1.82, 2.24) is 9.97 Å². The molecule has 0 N–H and O–H groups in total. The third-order valence-corrected chi connectivity index (χ3v) is 4.95. The van der Waals surface area contributed by atoms with Gasteiger partial charge >= 0.3 is 0 Å². The molecular weight excluding hydrogens is 320 g/mol. The minimum atomic E-state index is 0.759. The molecule has 132 valence electrons. The van der Waals surface area contributed by atoms with Crippen LogP contribution in [0.4, 0.5) is 17.5 Å². The molecule has 0 bridgehead atoms. The van der Waals surface area contributed by atoms with E-state index in [1.165, 1.54) is 16.7 Å². The lowest BCUT2D eigenvalue weighted by molar-refractivity contribution is 0.718. The minimum Gasteiger partial charge on any atom is -0.352 e. The van der Waals surface area contributed by atoms with Gasteiger partial charge in [-0.05, 0) is 55.2 Å². The Labute approximate surface area is 155 Å². The van der Waals surface area contributed by atoms with E-state index in [0.717, 1.165) is 43.5 Å². The number of hydrogen-bond donors (Lipinski definition) is 0. The van der Waals surface area contributed by atoms with Gasteiger partial charge in [-0.3, -0.25) is 0 Å². The first-order valence-corrected chi connectivity index (χ1v) is 9.23. The zero-order valence-corrected chi connectivity index (χ0v) is 15.4. The van der Waals surface area contributed by atoms with Gasteiger partial charge in [-0.15, -0.1) is 0 Å². The van der Waals surface area contributed by atoms with E-state index in [4.69, 9.17) is 4.98 Å². The van der Waals surface area contributed by atoms with Crippen molar-refractivity contribution in [2.24, 2.45) is 0 Å². The maximum absolute atomic E-state index is 4.89. The number of hydrogen-bond acceptors (Lipinski definition) is 4. The highest BCUT2D eigenvalue weighted by molar-refractivity contribution is 5.59. The molecule has 2 heterocycles. The van der Waals surface area contributed by atoms with Crippen molar-refractivity contribution in [2.45, 2.75) is 26.8 Å². The summed E-state index contributed by atoms with van der Waals surface area (Å²) in [5, 5.41) is 0. The molecule has 0 saturated heterocycles. The average molecular weight is 344 g/mol. The van der Waals surface area contributed by atoms with Crippen molar-refractivity contribution in [3.63, 3.8) is 0 Å². The zero-order valence-electron chi connectivity index (χ0n) is 15.4. The lowest BCUT2D eigenvalue weighted by Gasteiger charge is -2.30. The van der Waals surface area contributed by atoms with E-state index in [9.17, 15) is 0 Å². The molecule has 4 nitrogen and oxygen atoms in total. The molecule has 0 atom stereocenters. The summed E-state index contributed by atoms with van der Waals surface area (Å²) in [5.74, 6) is 1.75. The summed E-state index contributed by atoms with van der Waals surface area (Å²) < 4.78 is 0. The van der Waals surface area contributed by atoms with Crippen molar-refractivity contribution < 1.29 is 0 Å². The van der Waals surface area contributed by atoms with Crippen LogP contribution in [-0.4, -0.2) is 23.1 Å². The topological polar surface area (TPSA) is 32.3 Å². The molecule has 1 aliphatic rings. The summed E-state index contributed by atoms with van der Waals surface area (Å²) >= 11 is 0. The number of aromatic nitrogens is 2. The van der Waals surface area contributed by atoms with Crippen LogP contribution in [0.15, 0.2) is 60.8 Å². The standard InChI is InChI=1S/C22H24N4/c1-3-26(20-10-6-7-17(2)15-20)22-23-13-11-21(24-22)25-14-12-18-8-4-5-9-19(18)16-25/h4-11,13,15H,3,12,14,16H2,1-2H3. The van der Waals surface area contributed by atoms with Crippen molar-refractivity contribution in [2.75, 3.05) is 22.9 Å². The van der Waals surface area contributed by atoms with Gasteiger partial charge in [0.05, 0.1) is 0 Å². The predicted molar refractivity (Wildman–Crippen MR) is 107 cm³/mol. The van der Waals surface area contributed by atoms with Crippen LogP contribution in [0.5, 0.6) is 0 Å². The average Bonchev–Trinajstić information content (AvgIpc) is 2.68. The molecule has 0 saturated carbocycles. The maximum Gasteiger partial charge on any atom is 0.231 e. The first-order valence-electron chi connectivity index (χ1n) is 9.23. The van der Waals surface area contributed by atoms with Crippen LogP contribution in [0.2, 0.25) is 0 Å². The van der Waals surface area contributed by atoms with Crippen LogP contribution in [0, 0.1) is 6.92 Å². The third kappa shape index (κ3) is 3.27. The fourth-order valence-electron chi connectivity index (χ4n) is 3.57. The van der Waals surface area contributed by atoms with Gasteiger partial charge in [0.15, 0.2) is 0 Å². The monoisotopic (exact) mass is 344 g/mol. The van der Waals surface area contributed by atoms with Crippen LogP contribution in [-0.2, 0) is 13.0 Å². The van der Waals surface area contributed by atoms with Gasteiger partial charge in [-0.25, -0.2) is 4.98 Å². The van der Waals surface area contributed by atoms with E-state index in [1.54, 1.807) is 0 Å². The van der Waals surface area contributed by atoms with Crippen molar-refractivity contribution in [1.29, 1.82) is 0 Å². The van der Waals surface area contributed by atoms with Crippen LogP contribution >= 0.6 is 0 Å². The number of nitrogens with zero attached hydrogens (tertiary/aromatic N) is 4. The van der Waals surface area contributed by atoms with Gasteiger partial charge in [-0.1, -0.05) is 36.4 Å². The molecule has 1 aliphatic heterocycles. The Morgan fingerprint density at radius 2 is 1.88 bits per heavy atom. The minimum absolute atomic E-state index is 0.759. The van der Waals surface area contributed by atoms with Gasteiger partial charge in [0, 0.05) is 31.5 Å². The molecule has 1 aromatic heterocycles. The quantitative estimate of drug-likeness (QED) is 0.697. The first-order chi connectivity index (χ1) is 12.7. The van der Waals surface area contributed by atoms with Crippen LogP contribution < -0.4 is 9.80 Å². The fraction of sp³-hybridized carbons (Fsp3) is 0.273. The summed E-state index contributed by atoms with van der Waals surface area (Å²) in [6.07, 6.45) is 2.93. The SMILES string of the molecule is CCN(c1cccc(C)c1)c1nccc(N2CCc3ccccc3C2)n1. The Balaban J connectivity index is 1.62. The fourth-order valence-corrected chi connectivity index (χ4v) is 3.57. The molecule has 0 amide bonds. The number of anilines is 3. The van der Waals surface area contributed by atoms with E-state index in [2.05, 4.69) is 77.2 Å². The van der Waals surface area contributed by atoms with E-state index >= 15 is 0 Å². The molecule has 4 rings (SSSR count). The lowest BCUT2D eigenvalue weighted by Crippen LogP contribution is -2.31. The van der Waals surface area contributed by atoms with E-state index in [0.29, 0.717) is 0 Å². The summed E-state index contributed by atoms with van der Waals surface area (Å²) in [4.78, 5) is 13.9. The molecule has 0 fully saturated rings. The largest absolute Gasteiger partial charge is 0.352 e. The summed E-state index contributed by atoms with van der Waals surface area (Å²) in [6.45, 7) is 6.97. The molecule has 26 heavy (non-hydrogen) atoms. The summed E-state index contributed by atoms with van der Waals surface area (Å²) in [7, 11) is 0. The van der Waals surface area contributed by atoms with Gasteiger partial charge in [0.25, 0.3) is 0 Å². The molecule has 0 spiro atoms. The van der Waals surface area contributed by atoms with Crippen LogP contribution in [0.1, 0.15) is 23.6 Å². The summed E-state index contributed by atoms with van der Waals surface area (Å²) in [5.41, 5.74) is 5.22. The highest BCUT2D eigenvalue weighted by Gasteiger charge is 2.19. The highest BCUT2D eigenvalue weighted by atomic mass is 15.3. The summed E-state index contributed by atoms with van der Waals surface area (Å²) in [6, 6.07) is 19.2. The normalized spacial score (nSPS) is 13.4. The van der Waals surface area contributed by atoms with Crippen LogP contribution in [0.25, 0.3) is 0 Å². The van der Waals surface area contributed by atoms with Gasteiger partial charge in [0.2, 0.25) is 5.95 Å². The van der Waals surface area contributed by atoms with Crippen molar-refractivity contribution >= 4 is 17.5 Å². The molecule has 0 aliphatic carbocycles. The smallest absolute Gasteiger partial charge is 0.231 e. The lowest BCUT2D eigenvalue weighted by atomic mass is 10.00. The maximum atomic E-state index is 4.89. The molecular formula is C22H24N4. The highest BCUT2D eigenvalue weighted by Crippen LogP contribution is 2.27.